The Kier molecular flexibility index (Phi) is 1.09. The van der Waals surface area contributed by atoms with Gasteiger partial charge in [0.1, 0.15) is 0 Å². The molecule has 0 N–H and O–H groups in total. The summed E-state index contributed by atoms with van der Waals surface area (Å²) in [5.41, 5.74) is 0. The van der Waals surface area contributed by atoms with Gasteiger partial charge in [-0.15, -0.1) is 0 Å². The molecular formula is C6H10IN. The molecule has 46 valence electrons. The molecule has 0 aromatic rings. The summed E-state index contributed by atoms with van der Waals surface area (Å²) in [5.74, 6) is 2.16. The van der Waals surface area contributed by atoms with Crippen molar-refractivity contribution in [3.8, 4) is 0 Å². The first-order valence-corrected chi connectivity index (χ1v) is 4.18. The SMILES string of the molecule is CC1C2CC2CN1I. The van der Waals surface area contributed by atoms with Crippen molar-refractivity contribution in [2.75, 3.05) is 6.54 Å². The molecule has 8 heavy (non-hydrogen) atoms. The van der Waals surface area contributed by atoms with Crippen LogP contribution in [0.2, 0.25) is 0 Å². The van der Waals surface area contributed by atoms with Gasteiger partial charge in [-0.25, -0.2) is 3.11 Å². The third-order valence-corrected chi connectivity index (χ3v) is 3.72. The van der Waals surface area contributed by atoms with E-state index in [4.69, 9.17) is 0 Å². The molecule has 2 heteroatoms. The van der Waals surface area contributed by atoms with Gasteiger partial charge in [-0.05, 0) is 25.2 Å². The zero-order valence-corrected chi connectivity index (χ0v) is 7.13. The van der Waals surface area contributed by atoms with Crippen LogP contribution in [0.5, 0.6) is 0 Å². The van der Waals surface area contributed by atoms with E-state index in [1.54, 1.807) is 0 Å². The Bertz CT molecular complexity index is 113. The molecule has 2 fully saturated rings. The molecule has 3 atom stereocenters. The van der Waals surface area contributed by atoms with Gasteiger partial charge in [0.05, 0.1) is 0 Å². The summed E-state index contributed by atoms with van der Waals surface area (Å²) in [7, 11) is 0. The lowest BCUT2D eigenvalue weighted by Gasteiger charge is -2.14. The third-order valence-electron chi connectivity index (χ3n) is 2.45. The van der Waals surface area contributed by atoms with Gasteiger partial charge in [0.15, 0.2) is 0 Å². The quantitative estimate of drug-likeness (QED) is 0.446. The second kappa shape index (κ2) is 1.59. The van der Waals surface area contributed by atoms with Gasteiger partial charge in [-0.3, -0.25) is 0 Å². The van der Waals surface area contributed by atoms with Crippen molar-refractivity contribution < 1.29 is 0 Å². The maximum atomic E-state index is 2.44. The Morgan fingerprint density at radius 2 is 2.38 bits per heavy atom. The summed E-state index contributed by atoms with van der Waals surface area (Å²) >= 11 is 2.44. The van der Waals surface area contributed by atoms with Crippen LogP contribution in [0, 0.1) is 11.8 Å². The van der Waals surface area contributed by atoms with E-state index in [2.05, 4.69) is 32.9 Å². The monoisotopic (exact) mass is 223 g/mol. The standard InChI is InChI=1S/C6H10IN/c1-4-6-2-5(6)3-8(4)7/h4-6H,2-3H2,1H3. The van der Waals surface area contributed by atoms with Crippen LogP contribution in [0.1, 0.15) is 13.3 Å². The lowest BCUT2D eigenvalue weighted by atomic mass is 10.2. The fraction of sp³-hybridized carbons (Fsp3) is 1.00. The van der Waals surface area contributed by atoms with Crippen LogP contribution in [0.4, 0.5) is 0 Å². The summed E-state index contributed by atoms with van der Waals surface area (Å²) in [4.78, 5) is 0. The average molecular weight is 223 g/mol. The summed E-state index contributed by atoms with van der Waals surface area (Å²) in [6.07, 6.45) is 1.51. The van der Waals surface area contributed by atoms with E-state index < -0.39 is 0 Å². The van der Waals surface area contributed by atoms with Crippen molar-refractivity contribution in [1.29, 1.82) is 0 Å². The maximum Gasteiger partial charge on any atom is 0.0204 e. The lowest BCUT2D eigenvalue weighted by molar-refractivity contribution is 0.439. The summed E-state index contributed by atoms with van der Waals surface area (Å²) in [6, 6.07) is 0.876. The molecule has 0 amide bonds. The van der Waals surface area contributed by atoms with Crippen LogP contribution < -0.4 is 0 Å². The fourth-order valence-corrected chi connectivity index (χ4v) is 2.59. The largest absolute Gasteiger partial charge is 0.244 e. The van der Waals surface area contributed by atoms with Gasteiger partial charge in [-0.1, -0.05) is 0 Å². The molecule has 1 aliphatic carbocycles. The molecule has 0 radical (unpaired) electrons. The Morgan fingerprint density at radius 1 is 1.62 bits per heavy atom. The average Bonchev–Trinajstić information content (AvgIpc) is 2.39. The number of hydrogen-bond donors (Lipinski definition) is 0. The number of nitrogens with zero attached hydrogens (tertiary/aromatic N) is 1. The molecule has 2 rings (SSSR count). The van der Waals surface area contributed by atoms with Crippen molar-refractivity contribution >= 4 is 22.9 Å². The van der Waals surface area contributed by atoms with Crippen molar-refractivity contribution in [2.45, 2.75) is 19.4 Å². The van der Waals surface area contributed by atoms with Crippen LogP contribution in [0.25, 0.3) is 0 Å². The molecule has 0 aromatic heterocycles. The number of hydrogen-bond acceptors (Lipinski definition) is 1. The molecule has 1 aliphatic heterocycles. The predicted molar refractivity (Wildman–Crippen MR) is 41.8 cm³/mol. The Hall–Kier alpha value is 0.690. The smallest absolute Gasteiger partial charge is 0.0204 e. The van der Waals surface area contributed by atoms with E-state index >= 15 is 0 Å². The first kappa shape index (κ1) is 5.47. The third kappa shape index (κ3) is 0.620. The van der Waals surface area contributed by atoms with Crippen LogP contribution >= 0.6 is 22.9 Å². The van der Waals surface area contributed by atoms with Crippen LogP contribution in [-0.4, -0.2) is 15.7 Å². The van der Waals surface area contributed by atoms with Crippen molar-refractivity contribution in [3.63, 3.8) is 0 Å². The first-order valence-electron chi connectivity index (χ1n) is 3.21. The van der Waals surface area contributed by atoms with Crippen LogP contribution in [0.3, 0.4) is 0 Å². The van der Waals surface area contributed by atoms with E-state index in [0.29, 0.717) is 0 Å². The summed E-state index contributed by atoms with van der Waals surface area (Å²) in [5, 5.41) is 0. The van der Waals surface area contributed by atoms with Crippen LogP contribution in [-0.2, 0) is 0 Å². The van der Waals surface area contributed by atoms with E-state index in [0.717, 1.165) is 17.9 Å². The zero-order valence-electron chi connectivity index (χ0n) is 4.97. The highest BCUT2D eigenvalue weighted by Crippen LogP contribution is 2.50. The van der Waals surface area contributed by atoms with E-state index in [1.165, 1.54) is 13.0 Å². The Balaban J connectivity index is 2.08. The summed E-state index contributed by atoms with van der Waals surface area (Å²) < 4.78 is 2.44. The van der Waals surface area contributed by atoms with Gasteiger partial charge in [0.2, 0.25) is 0 Å². The van der Waals surface area contributed by atoms with Crippen molar-refractivity contribution in [3.05, 3.63) is 0 Å². The van der Waals surface area contributed by atoms with Crippen molar-refractivity contribution in [1.82, 2.24) is 3.11 Å². The second-order valence-electron chi connectivity index (χ2n) is 2.98. The molecular weight excluding hydrogens is 213 g/mol. The van der Waals surface area contributed by atoms with E-state index in [9.17, 15) is 0 Å². The number of piperidine rings is 1. The minimum atomic E-state index is 0.876. The number of rotatable bonds is 0. The van der Waals surface area contributed by atoms with Gasteiger partial charge < -0.3 is 0 Å². The Labute approximate surface area is 63.9 Å². The van der Waals surface area contributed by atoms with Gasteiger partial charge >= 0.3 is 0 Å². The van der Waals surface area contributed by atoms with Gasteiger partial charge in [0, 0.05) is 35.5 Å². The molecule has 0 spiro atoms. The van der Waals surface area contributed by atoms with E-state index in [-0.39, 0.29) is 0 Å². The molecule has 1 nitrogen and oxygen atoms in total. The minimum absolute atomic E-state index is 0.876. The van der Waals surface area contributed by atoms with Crippen molar-refractivity contribution in [2.24, 2.45) is 11.8 Å². The molecule has 2 aliphatic rings. The fourth-order valence-electron chi connectivity index (χ4n) is 1.67. The minimum Gasteiger partial charge on any atom is -0.244 e. The highest BCUT2D eigenvalue weighted by Gasteiger charge is 2.49. The summed E-state index contributed by atoms with van der Waals surface area (Å²) in [6.45, 7) is 3.69. The molecule has 1 saturated carbocycles. The highest BCUT2D eigenvalue weighted by atomic mass is 127. The first-order chi connectivity index (χ1) is 3.79. The van der Waals surface area contributed by atoms with E-state index in [1.807, 2.05) is 0 Å². The van der Waals surface area contributed by atoms with Gasteiger partial charge in [-0.2, -0.15) is 0 Å². The zero-order chi connectivity index (χ0) is 5.72. The lowest BCUT2D eigenvalue weighted by Crippen LogP contribution is -2.19. The maximum absolute atomic E-state index is 2.44. The predicted octanol–water partition coefficient (Wildman–Crippen LogP) is 1.68. The highest BCUT2D eigenvalue weighted by molar-refractivity contribution is 14.1. The molecule has 1 heterocycles. The normalized spacial score (nSPS) is 54.0. The Morgan fingerprint density at radius 3 is 2.62 bits per heavy atom. The van der Waals surface area contributed by atoms with Gasteiger partial charge in [0.25, 0.3) is 0 Å². The number of fused-ring (bicyclic) bond motifs is 1. The molecule has 0 bridgehead atoms. The number of halogens is 1. The molecule has 0 aromatic carbocycles. The molecule has 3 unspecified atom stereocenters. The molecule has 1 saturated heterocycles. The topological polar surface area (TPSA) is 3.24 Å². The van der Waals surface area contributed by atoms with Crippen LogP contribution in [0.15, 0.2) is 0 Å². The second-order valence-corrected chi connectivity index (χ2v) is 4.22.